The molecule has 0 spiro atoms. The third-order valence-corrected chi connectivity index (χ3v) is 3.79. The minimum atomic E-state index is -0.143. The first kappa shape index (κ1) is 15.2. The van der Waals surface area contributed by atoms with Crippen LogP contribution >= 0.6 is 0 Å². The van der Waals surface area contributed by atoms with Gasteiger partial charge in [0.05, 0.1) is 18.7 Å². The number of benzene rings is 1. The lowest BCUT2D eigenvalue weighted by molar-refractivity contribution is -0.122. The van der Waals surface area contributed by atoms with Crippen LogP contribution in [0.15, 0.2) is 69.7 Å². The normalized spacial score (nSPS) is 12.0. The van der Waals surface area contributed by atoms with E-state index in [1.807, 2.05) is 61.5 Å². The van der Waals surface area contributed by atoms with Crippen molar-refractivity contribution in [2.45, 2.75) is 25.8 Å². The molecule has 0 aliphatic heterocycles. The second kappa shape index (κ2) is 7.01. The molecule has 0 unspecified atom stereocenters. The standard InChI is InChI=1S/C19H19NO3/c1-2-16(14-7-4-3-5-8-14)19(21)20-13-15-10-11-18(23-15)17-9-6-12-22-17/h3-12,16H,2,13H2,1H3,(H,20,21)/t16-/m0/s1. The smallest absolute Gasteiger partial charge is 0.227 e. The summed E-state index contributed by atoms with van der Waals surface area (Å²) in [4.78, 5) is 12.4. The summed E-state index contributed by atoms with van der Waals surface area (Å²) < 4.78 is 11.0. The van der Waals surface area contributed by atoms with Crippen LogP contribution in [0, 0.1) is 0 Å². The SMILES string of the molecule is CC[C@H](C(=O)NCc1ccc(-c2ccco2)o1)c1ccccc1. The summed E-state index contributed by atoms with van der Waals surface area (Å²) >= 11 is 0. The zero-order chi connectivity index (χ0) is 16.1. The monoisotopic (exact) mass is 309 g/mol. The Morgan fingerprint density at radius 1 is 1.04 bits per heavy atom. The highest BCUT2D eigenvalue weighted by Gasteiger charge is 2.18. The molecule has 1 atom stereocenters. The van der Waals surface area contributed by atoms with Crippen LogP contribution in [0.25, 0.3) is 11.5 Å². The molecule has 0 saturated heterocycles. The van der Waals surface area contributed by atoms with Gasteiger partial charge in [0.1, 0.15) is 5.76 Å². The molecule has 1 amide bonds. The van der Waals surface area contributed by atoms with Crippen molar-refractivity contribution in [2.24, 2.45) is 0 Å². The van der Waals surface area contributed by atoms with Gasteiger partial charge in [-0.15, -0.1) is 0 Å². The number of rotatable bonds is 6. The van der Waals surface area contributed by atoms with Gasteiger partial charge in [-0.3, -0.25) is 4.79 Å². The number of hydrogen-bond donors (Lipinski definition) is 1. The highest BCUT2D eigenvalue weighted by atomic mass is 16.4. The highest BCUT2D eigenvalue weighted by Crippen LogP contribution is 2.23. The molecular formula is C19H19NO3. The zero-order valence-corrected chi connectivity index (χ0v) is 13.0. The van der Waals surface area contributed by atoms with Crippen LogP contribution in [0.5, 0.6) is 0 Å². The van der Waals surface area contributed by atoms with Gasteiger partial charge in [-0.2, -0.15) is 0 Å². The van der Waals surface area contributed by atoms with Crippen molar-refractivity contribution in [1.29, 1.82) is 0 Å². The van der Waals surface area contributed by atoms with Gasteiger partial charge in [0.25, 0.3) is 0 Å². The molecule has 0 aliphatic carbocycles. The minimum Gasteiger partial charge on any atom is -0.461 e. The average molecular weight is 309 g/mol. The summed E-state index contributed by atoms with van der Waals surface area (Å²) in [7, 11) is 0. The van der Waals surface area contributed by atoms with E-state index in [0.29, 0.717) is 23.8 Å². The maximum atomic E-state index is 12.4. The van der Waals surface area contributed by atoms with Crippen molar-refractivity contribution in [2.75, 3.05) is 0 Å². The molecule has 0 bridgehead atoms. The second-order valence-corrected chi connectivity index (χ2v) is 5.33. The lowest BCUT2D eigenvalue weighted by atomic mass is 9.96. The summed E-state index contributed by atoms with van der Waals surface area (Å²) in [5, 5.41) is 2.94. The van der Waals surface area contributed by atoms with E-state index in [1.165, 1.54) is 0 Å². The first-order valence-corrected chi connectivity index (χ1v) is 7.73. The van der Waals surface area contributed by atoms with Crippen LogP contribution in [0.2, 0.25) is 0 Å². The molecule has 0 saturated carbocycles. The predicted molar refractivity (Wildman–Crippen MR) is 87.7 cm³/mol. The molecular weight excluding hydrogens is 290 g/mol. The molecule has 4 heteroatoms. The molecule has 2 heterocycles. The van der Waals surface area contributed by atoms with Crippen LogP contribution in [-0.2, 0) is 11.3 Å². The summed E-state index contributed by atoms with van der Waals surface area (Å²) in [5.74, 6) is 1.91. The van der Waals surface area contributed by atoms with Gasteiger partial charge < -0.3 is 14.2 Å². The van der Waals surface area contributed by atoms with Gasteiger partial charge in [-0.25, -0.2) is 0 Å². The maximum absolute atomic E-state index is 12.4. The molecule has 3 aromatic rings. The summed E-state index contributed by atoms with van der Waals surface area (Å²) in [5.41, 5.74) is 1.03. The fraction of sp³-hybridized carbons (Fsp3) is 0.211. The molecule has 2 aromatic heterocycles. The Balaban J connectivity index is 1.62. The molecule has 4 nitrogen and oxygen atoms in total. The molecule has 1 N–H and O–H groups in total. The van der Waals surface area contributed by atoms with Gasteiger partial charge >= 0.3 is 0 Å². The van der Waals surface area contributed by atoms with E-state index in [0.717, 1.165) is 12.0 Å². The van der Waals surface area contributed by atoms with Crippen molar-refractivity contribution in [3.63, 3.8) is 0 Å². The molecule has 3 rings (SSSR count). The Labute approximate surface area is 135 Å². The van der Waals surface area contributed by atoms with E-state index in [4.69, 9.17) is 8.83 Å². The van der Waals surface area contributed by atoms with Gasteiger partial charge in [-0.05, 0) is 36.2 Å². The molecule has 23 heavy (non-hydrogen) atoms. The third-order valence-electron chi connectivity index (χ3n) is 3.79. The predicted octanol–water partition coefficient (Wildman–Crippen LogP) is 4.35. The van der Waals surface area contributed by atoms with Gasteiger partial charge in [0.15, 0.2) is 11.5 Å². The lowest BCUT2D eigenvalue weighted by Gasteiger charge is -2.14. The first-order chi connectivity index (χ1) is 11.3. The van der Waals surface area contributed by atoms with E-state index in [2.05, 4.69) is 5.32 Å². The van der Waals surface area contributed by atoms with E-state index in [1.54, 1.807) is 6.26 Å². The van der Waals surface area contributed by atoms with Gasteiger partial charge in [0.2, 0.25) is 5.91 Å². The Hall–Kier alpha value is -2.75. The van der Waals surface area contributed by atoms with E-state index < -0.39 is 0 Å². The molecule has 1 aromatic carbocycles. The topological polar surface area (TPSA) is 55.4 Å². The van der Waals surface area contributed by atoms with Crippen LogP contribution in [0.1, 0.15) is 30.6 Å². The number of nitrogens with one attached hydrogen (secondary N) is 1. The van der Waals surface area contributed by atoms with Crippen LogP contribution in [0.4, 0.5) is 0 Å². The Bertz CT molecular complexity index is 744. The Kier molecular flexibility index (Phi) is 4.62. The molecule has 0 aliphatic rings. The molecule has 118 valence electrons. The fourth-order valence-corrected chi connectivity index (χ4v) is 2.58. The highest BCUT2D eigenvalue weighted by molar-refractivity contribution is 5.83. The van der Waals surface area contributed by atoms with Crippen molar-refractivity contribution in [3.8, 4) is 11.5 Å². The Morgan fingerprint density at radius 3 is 2.57 bits per heavy atom. The Morgan fingerprint density at radius 2 is 1.87 bits per heavy atom. The molecule has 0 radical (unpaired) electrons. The van der Waals surface area contributed by atoms with Crippen molar-refractivity contribution in [1.82, 2.24) is 5.32 Å². The summed E-state index contributed by atoms with van der Waals surface area (Å²) in [6.45, 7) is 2.38. The van der Waals surface area contributed by atoms with Crippen LogP contribution in [-0.4, -0.2) is 5.91 Å². The van der Waals surface area contributed by atoms with Crippen molar-refractivity contribution < 1.29 is 13.6 Å². The van der Waals surface area contributed by atoms with E-state index in [-0.39, 0.29) is 11.8 Å². The van der Waals surface area contributed by atoms with Gasteiger partial charge in [0, 0.05) is 0 Å². The average Bonchev–Trinajstić information content (AvgIpc) is 3.26. The van der Waals surface area contributed by atoms with Gasteiger partial charge in [-0.1, -0.05) is 37.3 Å². The lowest BCUT2D eigenvalue weighted by Crippen LogP contribution is -2.28. The number of carbonyl (C=O) groups is 1. The molecule has 0 fully saturated rings. The fourth-order valence-electron chi connectivity index (χ4n) is 2.58. The quantitative estimate of drug-likeness (QED) is 0.736. The second-order valence-electron chi connectivity index (χ2n) is 5.33. The van der Waals surface area contributed by atoms with E-state index >= 15 is 0 Å². The van der Waals surface area contributed by atoms with E-state index in [9.17, 15) is 4.79 Å². The largest absolute Gasteiger partial charge is 0.461 e. The number of furan rings is 2. The minimum absolute atomic E-state index is 0.00893. The number of carbonyl (C=O) groups excluding carboxylic acids is 1. The number of amides is 1. The zero-order valence-electron chi connectivity index (χ0n) is 13.0. The maximum Gasteiger partial charge on any atom is 0.227 e. The van der Waals surface area contributed by atoms with Crippen molar-refractivity contribution >= 4 is 5.91 Å². The third kappa shape index (κ3) is 3.54. The summed E-state index contributed by atoms with van der Waals surface area (Å²) in [6.07, 6.45) is 2.36. The van der Waals surface area contributed by atoms with Crippen molar-refractivity contribution in [3.05, 3.63) is 72.2 Å². The first-order valence-electron chi connectivity index (χ1n) is 7.73. The number of hydrogen-bond acceptors (Lipinski definition) is 3. The van der Waals surface area contributed by atoms with Crippen LogP contribution in [0.3, 0.4) is 0 Å². The van der Waals surface area contributed by atoms with Crippen LogP contribution < -0.4 is 5.32 Å². The summed E-state index contributed by atoms with van der Waals surface area (Å²) in [6, 6.07) is 17.2.